The molecule has 1 aliphatic rings. The van der Waals surface area contributed by atoms with Gasteiger partial charge in [-0.15, -0.1) is 0 Å². The Bertz CT molecular complexity index is 516. The molecule has 0 spiro atoms. The molecule has 0 bridgehead atoms. The van der Waals surface area contributed by atoms with Crippen molar-refractivity contribution in [3.63, 3.8) is 0 Å². The number of carbonyl (C=O) groups is 2. The van der Waals surface area contributed by atoms with Gasteiger partial charge in [0.25, 0.3) is 0 Å². The predicted molar refractivity (Wildman–Crippen MR) is 70.4 cm³/mol. The van der Waals surface area contributed by atoms with Crippen LogP contribution in [0, 0.1) is 6.92 Å². The number of nitrogens with one attached hydrogen (secondary N) is 1. The van der Waals surface area contributed by atoms with Gasteiger partial charge < -0.3 is 15.3 Å². The summed E-state index contributed by atoms with van der Waals surface area (Å²) in [4.78, 5) is 28.3. The van der Waals surface area contributed by atoms with Crippen LogP contribution < -0.4 is 10.2 Å². The third-order valence-corrected chi connectivity index (χ3v) is 3.22. The molecule has 1 fully saturated rings. The van der Waals surface area contributed by atoms with Crippen LogP contribution in [0.3, 0.4) is 0 Å². The largest absolute Gasteiger partial charge is 0.478 e. The number of rotatable bonds is 3. The van der Waals surface area contributed by atoms with Crippen LogP contribution in [-0.2, 0) is 4.79 Å². The van der Waals surface area contributed by atoms with E-state index in [1.54, 1.807) is 19.1 Å². The zero-order valence-corrected chi connectivity index (χ0v) is 11.0. The van der Waals surface area contributed by atoms with Crippen LogP contribution in [0.2, 0.25) is 0 Å². The Morgan fingerprint density at radius 3 is 2.79 bits per heavy atom. The minimum Gasteiger partial charge on any atom is -0.478 e. The van der Waals surface area contributed by atoms with Crippen LogP contribution in [-0.4, -0.2) is 41.1 Å². The fourth-order valence-electron chi connectivity index (χ4n) is 2.32. The number of amides is 1. The molecule has 2 rings (SSSR count). The number of aryl methyl sites for hydroxylation is 1. The summed E-state index contributed by atoms with van der Waals surface area (Å²) in [6, 6.07) is 3.43. The first-order valence-corrected chi connectivity index (χ1v) is 6.20. The first-order chi connectivity index (χ1) is 8.97. The molecule has 6 nitrogen and oxygen atoms in total. The molecule has 1 unspecified atom stereocenters. The second-order valence-corrected chi connectivity index (χ2v) is 4.74. The van der Waals surface area contributed by atoms with Crippen LogP contribution in [0.15, 0.2) is 12.1 Å². The highest BCUT2D eigenvalue weighted by Gasteiger charge is 2.24. The molecular weight excluding hydrogens is 246 g/mol. The van der Waals surface area contributed by atoms with Gasteiger partial charge in [-0.25, -0.2) is 9.78 Å². The van der Waals surface area contributed by atoms with E-state index in [1.165, 1.54) is 6.92 Å². The van der Waals surface area contributed by atoms with Gasteiger partial charge in [0.2, 0.25) is 5.91 Å². The number of hydrogen-bond acceptors (Lipinski definition) is 4. The summed E-state index contributed by atoms with van der Waals surface area (Å²) in [6.45, 7) is 4.71. The van der Waals surface area contributed by atoms with Crippen LogP contribution >= 0.6 is 0 Å². The predicted octanol–water partition coefficient (Wildman–Crippen LogP) is 0.803. The van der Waals surface area contributed by atoms with E-state index in [0.29, 0.717) is 12.2 Å². The molecule has 0 aromatic carbocycles. The van der Waals surface area contributed by atoms with Crippen molar-refractivity contribution >= 4 is 17.7 Å². The van der Waals surface area contributed by atoms with Gasteiger partial charge in [0, 0.05) is 26.1 Å². The average Bonchev–Trinajstić information content (AvgIpc) is 2.75. The van der Waals surface area contributed by atoms with Crippen molar-refractivity contribution in [3.05, 3.63) is 23.4 Å². The van der Waals surface area contributed by atoms with Crippen LogP contribution in [0.25, 0.3) is 0 Å². The summed E-state index contributed by atoms with van der Waals surface area (Å²) < 4.78 is 0. The minimum atomic E-state index is -0.964. The minimum absolute atomic E-state index is 0.0304. The van der Waals surface area contributed by atoms with Gasteiger partial charge in [0.1, 0.15) is 5.82 Å². The first kappa shape index (κ1) is 13.3. The molecule has 0 radical (unpaired) electrons. The normalized spacial score (nSPS) is 18.4. The summed E-state index contributed by atoms with van der Waals surface area (Å²) in [7, 11) is 0. The van der Waals surface area contributed by atoms with E-state index in [2.05, 4.69) is 15.2 Å². The monoisotopic (exact) mass is 263 g/mol. The van der Waals surface area contributed by atoms with Gasteiger partial charge in [0.15, 0.2) is 0 Å². The maximum Gasteiger partial charge on any atom is 0.337 e. The van der Waals surface area contributed by atoms with E-state index in [0.717, 1.165) is 18.8 Å². The molecule has 1 atom stereocenters. The van der Waals surface area contributed by atoms with E-state index in [9.17, 15) is 9.59 Å². The molecule has 102 valence electrons. The lowest BCUT2D eigenvalue weighted by Crippen LogP contribution is -2.35. The summed E-state index contributed by atoms with van der Waals surface area (Å²) in [5.41, 5.74) is 0.731. The van der Waals surface area contributed by atoms with Crippen molar-refractivity contribution in [3.8, 4) is 0 Å². The quantitative estimate of drug-likeness (QED) is 0.843. The van der Waals surface area contributed by atoms with Gasteiger partial charge in [0.05, 0.1) is 11.3 Å². The number of pyridine rings is 1. The van der Waals surface area contributed by atoms with Crippen molar-refractivity contribution in [2.45, 2.75) is 26.3 Å². The summed E-state index contributed by atoms with van der Waals surface area (Å²) >= 11 is 0. The van der Waals surface area contributed by atoms with Crippen molar-refractivity contribution in [1.82, 2.24) is 10.3 Å². The number of carboxylic acids is 1. The van der Waals surface area contributed by atoms with E-state index in [4.69, 9.17) is 5.11 Å². The van der Waals surface area contributed by atoms with Gasteiger partial charge in [-0.1, -0.05) is 0 Å². The van der Waals surface area contributed by atoms with E-state index in [1.807, 2.05) is 0 Å². The Morgan fingerprint density at radius 2 is 2.21 bits per heavy atom. The van der Waals surface area contributed by atoms with Crippen molar-refractivity contribution < 1.29 is 14.7 Å². The maximum absolute atomic E-state index is 11.0. The lowest BCUT2D eigenvalue weighted by Gasteiger charge is -2.18. The highest BCUT2D eigenvalue weighted by molar-refractivity contribution is 5.89. The number of aromatic carboxylic acids is 1. The van der Waals surface area contributed by atoms with Gasteiger partial charge in [-0.05, 0) is 25.5 Å². The Labute approximate surface area is 111 Å². The number of hydrogen-bond donors (Lipinski definition) is 2. The van der Waals surface area contributed by atoms with Gasteiger partial charge in [-0.3, -0.25) is 4.79 Å². The third kappa shape index (κ3) is 3.01. The number of anilines is 1. The number of carboxylic acid groups (broad SMARTS) is 1. The summed E-state index contributed by atoms with van der Waals surface area (Å²) in [6.07, 6.45) is 0.876. The van der Waals surface area contributed by atoms with Gasteiger partial charge >= 0.3 is 5.97 Å². The SMILES string of the molecule is CC(=O)NC1CCN(c2ccc(C(=O)O)c(C)n2)C1. The zero-order valence-electron chi connectivity index (χ0n) is 11.0. The Hall–Kier alpha value is -2.11. The molecule has 0 aliphatic carbocycles. The molecule has 1 aromatic rings. The molecule has 2 N–H and O–H groups in total. The van der Waals surface area contributed by atoms with Crippen molar-refractivity contribution in [1.29, 1.82) is 0 Å². The Balaban J connectivity index is 2.09. The van der Waals surface area contributed by atoms with Crippen molar-refractivity contribution in [2.75, 3.05) is 18.0 Å². The van der Waals surface area contributed by atoms with Crippen LogP contribution in [0.5, 0.6) is 0 Å². The number of aromatic nitrogens is 1. The molecule has 1 aliphatic heterocycles. The fourth-order valence-corrected chi connectivity index (χ4v) is 2.32. The molecule has 2 heterocycles. The molecule has 19 heavy (non-hydrogen) atoms. The molecular formula is C13H17N3O3. The highest BCUT2D eigenvalue weighted by atomic mass is 16.4. The second-order valence-electron chi connectivity index (χ2n) is 4.74. The lowest BCUT2D eigenvalue weighted by molar-refractivity contribution is -0.119. The Morgan fingerprint density at radius 1 is 1.47 bits per heavy atom. The smallest absolute Gasteiger partial charge is 0.337 e. The standard InChI is InChI=1S/C13H17N3O3/c1-8-11(13(18)19)3-4-12(14-8)16-6-5-10(7-16)15-9(2)17/h3-4,10H,5-7H2,1-2H3,(H,15,17)(H,18,19). The Kier molecular flexibility index (Phi) is 3.69. The first-order valence-electron chi connectivity index (χ1n) is 6.20. The van der Waals surface area contributed by atoms with Crippen LogP contribution in [0.4, 0.5) is 5.82 Å². The van der Waals surface area contributed by atoms with E-state index in [-0.39, 0.29) is 17.5 Å². The highest BCUT2D eigenvalue weighted by Crippen LogP contribution is 2.20. The van der Waals surface area contributed by atoms with Crippen molar-refractivity contribution in [2.24, 2.45) is 0 Å². The zero-order chi connectivity index (χ0) is 14.0. The number of nitrogens with zero attached hydrogens (tertiary/aromatic N) is 2. The molecule has 1 amide bonds. The summed E-state index contributed by atoms with van der Waals surface area (Å²) in [5.74, 6) is -0.235. The fraction of sp³-hybridized carbons (Fsp3) is 0.462. The summed E-state index contributed by atoms with van der Waals surface area (Å²) in [5, 5.41) is 11.8. The van der Waals surface area contributed by atoms with E-state index < -0.39 is 5.97 Å². The lowest BCUT2D eigenvalue weighted by atomic mass is 10.2. The molecule has 0 saturated carbocycles. The number of carbonyl (C=O) groups excluding carboxylic acids is 1. The molecule has 1 saturated heterocycles. The molecule has 1 aromatic heterocycles. The molecule has 6 heteroatoms. The third-order valence-electron chi connectivity index (χ3n) is 3.22. The average molecular weight is 263 g/mol. The topological polar surface area (TPSA) is 82.5 Å². The van der Waals surface area contributed by atoms with E-state index >= 15 is 0 Å². The second kappa shape index (κ2) is 5.26. The van der Waals surface area contributed by atoms with Crippen LogP contribution in [0.1, 0.15) is 29.4 Å². The maximum atomic E-state index is 11.0. The van der Waals surface area contributed by atoms with Gasteiger partial charge in [-0.2, -0.15) is 0 Å².